The molecule has 2 N–H and O–H groups in total. The van der Waals surface area contributed by atoms with Crippen LogP contribution in [0.15, 0.2) is 75.9 Å². The predicted octanol–water partition coefficient (Wildman–Crippen LogP) is 5.21. The fourth-order valence-electron chi connectivity index (χ4n) is 3.73. The van der Waals surface area contributed by atoms with E-state index < -0.39 is 5.63 Å². The van der Waals surface area contributed by atoms with E-state index in [1.54, 1.807) is 24.3 Å². The summed E-state index contributed by atoms with van der Waals surface area (Å²) >= 11 is 5.32. The number of carbonyl (C=O) groups excluding carboxylic acids is 1. The van der Waals surface area contributed by atoms with Crippen LogP contribution in [0.25, 0.3) is 22.1 Å². The summed E-state index contributed by atoms with van der Waals surface area (Å²) in [5, 5.41) is 6.70. The highest BCUT2D eigenvalue weighted by Gasteiger charge is 2.16. The van der Waals surface area contributed by atoms with Crippen LogP contribution in [-0.4, -0.2) is 18.1 Å². The van der Waals surface area contributed by atoms with Crippen molar-refractivity contribution in [2.24, 2.45) is 0 Å². The van der Waals surface area contributed by atoms with Crippen molar-refractivity contribution < 1.29 is 13.9 Å². The van der Waals surface area contributed by atoms with Crippen LogP contribution in [0.1, 0.15) is 21.5 Å². The zero-order chi connectivity index (χ0) is 23.5. The van der Waals surface area contributed by atoms with Gasteiger partial charge in [-0.25, -0.2) is 4.79 Å². The van der Waals surface area contributed by atoms with E-state index in [9.17, 15) is 9.59 Å². The quantitative estimate of drug-likeness (QED) is 0.323. The van der Waals surface area contributed by atoms with Crippen LogP contribution in [0, 0.1) is 13.8 Å². The summed E-state index contributed by atoms with van der Waals surface area (Å²) in [6, 6.07) is 20.0. The van der Waals surface area contributed by atoms with E-state index in [1.165, 1.54) is 7.11 Å². The lowest BCUT2D eigenvalue weighted by Crippen LogP contribution is -2.34. The Labute approximate surface area is 196 Å². The van der Waals surface area contributed by atoms with Crippen molar-refractivity contribution in [3.05, 3.63) is 93.8 Å². The predicted molar refractivity (Wildman–Crippen MR) is 134 cm³/mol. The zero-order valence-corrected chi connectivity index (χ0v) is 19.2. The molecule has 4 aromatic rings. The van der Waals surface area contributed by atoms with Crippen molar-refractivity contribution in [3.63, 3.8) is 0 Å². The summed E-state index contributed by atoms with van der Waals surface area (Å²) < 4.78 is 10.8. The number of nitrogens with one attached hydrogen (secondary N) is 2. The van der Waals surface area contributed by atoms with Crippen molar-refractivity contribution in [2.75, 3.05) is 12.4 Å². The second kappa shape index (κ2) is 9.26. The molecule has 1 heterocycles. The highest BCUT2D eigenvalue weighted by atomic mass is 32.1. The number of methoxy groups -OCH3 is 1. The molecule has 6 nitrogen and oxygen atoms in total. The van der Waals surface area contributed by atoms with Gasteiger partial charge in [0.25, 0.3) is 5.91 Å². The van der Waals surface area contributed by atoms with Gasteiger partial charge in [0.1, 0.15) is 11.3 Å². The fourth-order valence-corrected chi connectivity index (χ4v) is 3.94. The maximum atomic E-state index is 12.7. The van der Waals surface area contributed by atoms with Crippen molar-refractivity contribution >= 4 is 39.9 Å². The molecule has 0 aliphatic heterocycles. The maximum Gasteiger partial charge on any atom is 0.344 e. The van der Waals surface area contributed by atoms with E-state index in [0.717, 1.165) is 22.1 Å². The Hall–Kier alpha value is -3.97. The van der Waals surface area contributed by atoms with E-state index in [-0.39, 0.29) is 11.0 Å². The number of ether oxygens (including phenoxy) is 1. The molecule has 33 heavy (non-hydrogen) atoms. The number of fused-ring (bicyclic) bond motifs is 1. The van der Waals surface area contributed by atoms with Crippen molar-refractivity contribution in [1.29, 1.82) is 0 Å². The Kier molecular flexibility index (Phi) is 6.24. The molecule has 0 atom stereocenters. The minimum absolute atomic E-state index is 0.154. The van der Waals surface area contributed by atoms with Gasteiger partial charge in [-0.15, -0.1) is 0 Å². The van der Waals surface area contributed by atoms with E-state index in [1.807, 2.05) is 56.3 Å². The third-order valence-electron chi connectivity index (χ3n) is 5.30. The van der Waals surface area contributed by atoms with Crippen LogP contribution in [0.5, 0.6) is 5.75 Å². The van der Waals surface area contributed by atoms with E-state index in [4.69, 9.17) is 21.4 Å². The largest absolute Gasteiger partial charge is 0.496 e. The molecule has 0 unspecified atom stereocenters. The van der Waals surface area contributed by atoms with E-state index >= 15 is 0 Å². The van der Waals surface area contributed by atoms with Gasteiger partial charge < -0.3 is 14.5 Å². The minimum Gasteiger partial charge on any atom is -0.496 e. The first-order chi connectivity index (χ1) is 15.9. The number of anilines is 1. The van der Waals surface area contributed by atoms with Crippen LogP contribution in [-0.2, 0) is 0 Å². The Balaban J connectivity index is 1.53. The summed E-state index contributed by atoms with van der Waals surface area (Å²) in [6.07, 6.45) is 0. The normalized spacial score (nSPS) is 10.6. The zero-order valence-electron chi connectivity index (χ0n) is 18.4. The van der Waals surface area contributed by atoms with E-state index in [0.29, 0.717) is 28.1 Å². The third kappa shape index (κ3) is 4.63. The van der Waals surface area contributed by atoms with Gasteiger partial charge in [-0.3, -0.25) is 10.1 Å². The molecule has 1 amide bonds. The van der Waals surface area contributed by atoms with Crippen LogP contribution < -0.4 is 21.0 Å². The molecule has 1 aromatic heterocycles. The Bertz CT molecular complexity index is 1440. The number of hydrogen-bond donors (Lipinski definition) is 2. The molecule has 4 rings (SSSR count). The molecule has 0 aliphatic rings. The molecule has 7 heteroatoms. The first-order valence-corrected chi connectivity index (χ1v) is 10.7. The summed E-state index contributed by atoms with van der Waals surface area (Å²) in [5.74, 6) is 0.141. The first kappa shape index (κ1) is 22.2. The van der Waals surface area contributed by atoms with Gasteiger partial charge in [0, 0.05) is 11.1 Å². The lowest BCUT2D eigenvalue weighted by atomic mass is 10.0. The van der Waals surface area contributed by atoms with Gasteiger partial charge >= 0.3 is 5.63 Å². The summed E-state index contributed by atoms with van der Waals surface area (Å²) in [5.41, 5.74) is 4.20. The number of carbonyl (C=O) groups is 1. The second-order valence-electron chi connectivity index (χ2n) is 7.58. The summed E-state index contributed by atoms with van der Waals surface area (Å²) in [4.78, 5) is 25.2. The molecule has 0 aliphatic carbocycles. The first-order valence-electron chi connectivity index (χ1n) is 10.3. The van der Waals surface area contributed by atoms with Crippen molar-refractivity contribution in [3.8, 4) is 16.9 Å². The Morgan fingerprint density at radius 3 is 2.48 bits per heavy atom. The molecule has 166 valence electrons. The molecule has 0 fully saturated rings. The second-order valence-corrected chi connectivity index (χ2v) is 7.99. The lowest BCUT2D eigenvalue weighted by molar-refractivity contribution is 0.0974. The smallest absolute Gasteiger partial charge is 0.344 e. The molecule has 0 radical (unpaired) electrons. The minimum atomic E-state index is -0.396. The molecule has 3 aromatic carbocycles. The van der Waals surface area contributed by atoms with Gasteiger partial charge in [0.05, 0.1) is 18.2 Å². The molecular formula is C26H22N2O4S. The number of hydrogen-bond acceptors (Lipinski definition) is 5. The van der Waals surface area contributed by atoms with Crippen molar-refractivity contribution in [1.82, 2.24) is 5.32 Å². The average molecular weight is 459 g/mol. The number of rotatable bonds is 4. The monoisotopic (exact) mass is 458 g/mol. The summed E-state index contributed by atoms with van der Waals surface area (Å²) in [7, 11) is 1.52. The van der Waals surface area contributed by atoms with Crippen LogP contribution >= 0.6 is 12.2 Å². The number of para-hydroxylation sites is 2. The van der Waals surface area contributed by atoms with E-state index in [2.05, 4.69) is 10.6 Å². The Morgan fingerprint density at radius 1 is 0.939 bits per heavy atom. The molecule has 0 saturated heterocycles. The van der Waals surface area contributed by atoms with Crippen LogP contribution in [0.2, 0.25) is 0 Å². The average Bonchev–Trinajstić information content (AvgIpc) is 2.78. The molecule has 0 saturated carbocycles. The number of thiocarbonyl (C=S) groups is 1. The lowest BCUT2D eigenvalue weighted by Gasteiger charge is -2.14. The molecular weight excluding hydrogens is 436 g/mol. The highest BCUT2D eigenvalue weighted by Crippen LogP contribution is 2.26. The van der Waals surface area contributed by atoms with Gasteiger partial charge in [-0.1, -0.05) is 36.4 Å². The summed E-state index contributed by atoms with van der Waals surface area (Å²) in [6.45, 7) is 3.76. The standard InChI is InChI=1S/C26H22N2O4S/c1-15-7-6-9-20(23(15)31-3)24(29)28-26(33)27-18-11-12-19(16(2)13-18)21-14-17-8-4-5-10-22(17)32-25(21)30/h4-14H,1-3H3,(H2,27,28,29,33). The third-order valence-corrected chi connectivity index (χ3v) is 5.51. The maximum absolute atomic E-state index is 12.7. The molecule has 0 bridgehead atoms. The molecule has 0 spiro atoms. The highest BCUT2D eigenvalue weighted by molar-refractivity contribution is 7.80. The number of aryl methyl sites for hydroxylation is 2. The topological polar surface area (TPSA) is 80.6 Å². The van der Waals surface area contributed by atoms with Crippen LogP contribution in [0.3, 0.4) is 0 Å². The number of amides is 1. The van der Waals surface area contributed by atoms with Gasteiger partial charge in [0.15, 0.2) is 5.11 Å². The van der Waals surface area contributed by atoms with Gasteiger partial charge in [-0.05, 0) is 73.1 Å². The van der Waals surface area contributed by atoms with Crippen LogP contribution in [0.4, 0.5) is 5.69 Å². The Morgan fingerprint density at radius 2 is 1.73 bits per heavy atom. The van der Waals surface area contributed by atoms with Gasteiger partial charge in [0.2, 0.25) is 0 Å². The SMILES string of the molecule is COc1c(C)cccc1C(=O)NC(=S)Nc1ccc(-c2cc3ccccc3oc2=O)c(C)c1. The number of benzene rings is 3. The van der Waals surface area contributed by atoms with Gasteiger partial charge in [-0.2, -0.15) is 0 Å². The van der Waals surface area contributed by atoms with Crippen molar-refractivity contribution in [2.45, 2.75) is 13.8 Å². The fraction of sp³-hybridized carbons (Fsp3) is 0.115.